The first-order valence-corrected chi connectivity index (χ1v) is 7.75. The first-order valence-electron chi connectivity index (χ1n) is 3.43. The molecule has 0 amide bonds. The Morgan fingerprint density at radius 3 is 1.93 bits per heavy atom. The van der Waals surface area contributed by atoms with Gasteiger partial charge in [0.1, 0.15) is 5.75 Å². The number of hydrogen-bond acceptors (Lipinski definition) is 2. The highest BCUT2D eigenvalue weighted by atomic mass is 127. The molecule has 0 spiro atoms. The molecular weight excluding hydrogens is 636 g/mol. The van der Waals surface area contributed by atoms with E-state index in [0.717, 1.165) is 10.7 Å². The van der Waals surface area contributed by atoms with E-state index >= 15 is 0 Å². The van der Waals surface area contributed by atoms with Crippen molar-refractivity contribution in [1.29, 1.82) is 0 Å². The number of halogens is 4. The van der Waals surface area contributed by atoms with Gasteiger partial charge in [0.25, 0.3) is 0 Å². The molecule has 0 heterocycles. The van der Waals surface area contributed by atoms with Crippen molar-refractivity contribution in [2.75, 3.05) is 0 Å². The van der Waals surface area contributed by atoms with Crippen molar-refractivity contribution in [1.82, 2.24) is 0 Å². The predicted molar refractivity (Wildman–Crippen MR) is 89.0 cm³/mol. The van der Waals surface area contributed by atoms with Gasteiger partial charge in [-0.1, -0.05) is 0 Å². The van der Waals surface area contributed by atoms with Gasteiger partial charge in [0.15, 0.2) is 5.78 Å². The summed E-state index contributed by atoms with van der Waals surface area (Å²) in [5, 5.41) is 9.77. The van der Waals surface area contributed by atoms with Crippen molar-refractivity contribution in [2.24, 2.45) is 0 Å². The predicted octanol–water partition coefficient (Wildman–Crippen LogP) is 4.01. The highest BCUT2D eigenvalue weighted by molar-refractivity contribution is 14.1. The second-order valence-electron chi connectivity index (χ2n) is 2.54. The largest absolute Gasteiger partial charge is 0.506 e. The third kappa shape index (κ3) is 2.47. The third-order valence-corrected chi connectivity index (χ3v) is 7.91. The molecule has 0 atom stereocenters. The molecular formula is C8H4I4O2. The molecule has 0 aliphatic carbocycles. The smallest absolute Gasteiger partial charge is 0.162 e. The maximum Gasteiger partial charge on any atom is 0.162 e. The second kappa shape index (κ2) is 5.29. The summed E-state index contributed by atoms with van der Waals surface area (Å²) in [5.41, 5.74) is 0.619. The number of hydrogen-bond donors (Lipinski definition) is 1. The lowest BCUT2D eigenvalue weighted by Crippen LogP contribution is -2.04. The van der Waals surface area contributed by atoms with Crippen LogP contribution in [0.1, 0.15) is 17.3 Å². The van der Waals surface area contributed by atoms with Gasteiger partial charge in [-0.2, -0.15) is 0 Å². The molecule has 1 rings (SSSR count). The van der Waals surface area contributed by atoms with Crippen LogP contribution in [0.4, 0.5) is 0 Å². The summed E-state index contributed by atoms with van der Waals surface area (Å²) >= 11 is 8.36. The number of phenols is 1. The van der Waals surface area contributed by atoms with Crippen LogP contribution in [-0.2, 0) is 0 Å². The molecule has 1 aromatic rings. The molecule has 0 saturated carbocycles. The molecule has 6 heteroatoms. The lowest BCUT2D eigenvalue weighted by molar-refractivity contribution is 0.101. The van der Waals surface area contributed by atoms with Crippen molar-refractivity contribution in [3.63, 3.8) is 0 Å². The fourth-order valence-corrected chi connectivity index (χ4v) is 5.38. The summed E-state index contributed by atoms with van der Waals surface area (Å²) in [7, 11) is 0. The van der Waals surface area contributed by atoms with Gasteiger partial charge >= 0.3 is 0 Å². The van der Waals surface area contributed by atoms with Gasteiger partial charge in [-0.25, -0.2) is 0 Å². The van der Waals surface area contributed by atoms with E-state index in [-0.39, 0.29) is 11.5 Å². The molecule has 0 unspecified atom stereocenters. The highest BCUT2D eigenvalue weighted by Gasteiger charge is 2.20. The van der Waals surface area contributed by atoms with Crippen molar-refractivity contribution in [3.05, 3.63) is 19.8 Å². The standard InChI is InChI=1S/C8H4I4O2/c1-2(13)3-4(9)6(11)7(12)8(14)5(3)10/h14H,1H3. The molecule has 14 heavy (non-hydrogen) atoms. The number of rotatable bonds is 1. The van der Waals surface area contributed by atoms with Crippen LogP contribution in [-0.4, -0.2) is 10.9 Å². The van der Waals surface area contributed by atoms with Crippen LogP contribution in [0.25, 0.3) is 0 Å². The van der Waals surface area contributed by atoms with Crippen molar-refractivity contribution >= 4 is 96.1 Å². The van der Waals surface area contributed by atoms with Gasteiger partial charge in [-0.15, -0.1) is 0 Å². The van der Waals surface area contributed by atoms with E-state index in [4.69, 9.17) is 0 Å². The monoisotopic (exact) mass is 640 g/mol. The van der Waals surface area contributed by atoms with Gasteiger partial charge < -0.3 is 5.11 Å². The lowest BCUT2D eigenvalue weighted by Gasteiger charge is -2.10. The summed E-state index contributed by atoms with van der Waals surface area (Å²) in [6.45, 7) is 1.52. The number of carbonyl (C=O) groups is 1. The molecule has 0 radical (unpaired) electrons. The molecule has 0 bridgehead atoms. The molecule has 2 nitrogen and oxygen atoms in total. The first kappa shape index (κ1) is 13.7. The average Bonchev–Trinajstić information content (AvgIpc) is 2.11. The van der Waals surface area contributed by atoms with E-state index in [1.165, 1.54) is 6.92 Å². The summed E-state index contributed by atoms with van der Waals surface area (Å²) < 4.78 is 3.31. The van der Waals surface area contributed by atoms with E-state index in [1.807, 2.05) is 22.6 Å². The van der Waals surface area contributed by atoms with E-state index in [1.54, 1.807) is 0 Å². The Hall–Kier alpha value is 1.61. The molecule has 0 saturated heterocycles. The van der Waals surface area contributed by atoms with Crippen molar-refractivity contribution in [3.8, 4) is 5.75 Å². The normalized spacial score (nSPS) is 10.4. The Morgan fingerprint density at radius 2 is 1.50 bits per heavy atom. The first-order chi connectivity index (χ1) is 6.37. The molecule has 1 aromatic carbocycles. The van der Waals surface area contributed by atoms with Crippen LogP contribution < -0.4 is 0 Å². The van der Waals surface area contributed by atoms with Crippen LogP contribution in [0, 0.1) is 14.3 Å². The number of phenolic OH excluding ortho intramolecular Hbond substituents is 1. The Balaban J connectivity index is 3.68. The number of benzene rings is 1. The fraction of sp³-hybridized carbons (Fsp3) is 0.125. The second-order valence-corrected chi connectivity index (χ2v) is 6.85. The third-order valence-electron chi connectivity index (χ3n) is 1.59. The Bertz CT molecular complexity index is 385. The maximum absolute atomic E-state index is 11.4. The Kier molecular flexibility index (Phi) is 5.17. The quantitative estimate of drug-likeness (QED) is 0.218. The number of ketones is 1. The van der Waals surface area contributed by atoms with Crippen LogP contribution in [0.15, 0.2) is 0 Å². The van der Waals surface area contributed by atoms with E-state index in [0.29, 0.717) is 9.13 Å². The topological polar surface area (TPSA) is 37.3 Å². The lowest BCUT2D eigenvalue weighted by atomic mass is 10.1. The van der Waals surface area contributed by atoms with Gasteiger partial charge in [0.05, 0.1) is 7.14 Å². The molecule has 0 aliphatic rings. The maximum atomic E-state index is 11.4. The number of aromatic hydroxyl groups is 1. The van der Waals surface area contributed by atoms with Crippen molar-refractivity contribution < 1.29 is 9.90 Å². The van der Waals surface area contributed by atoms with E-state index in [9.17, 15) is 9.90 Å². The number of Topliss-reactive ketones (excluding diaryl/α,β-unsaturated/α-hetero) is 1. The minimum atomic E-state index is -0.0107. The summed E-state index contributed by atoms with van der Waals surface area (Å²) in [6.07, 6.45) is 0. The minimum absolute atomic E-state index is 0.0107. The molecule has 0 aliphatic heterocycles. The van der Waals surface area contributed by atoms with Crippen LogP contribution in [0.5, 0.6) is 5.75 Å². The molecule has 0 fully saturated rings. The zero-order chi connectivity index (χ0) is 11.0. The van der Waals surface area contributed by atoms with Gasteiger partial charge in [-0.3, -0.25) is 4.79 Å². The molecule has 0 aromatic heterocycles. The Labute approximate surface area is 136 Å². The molecule has 76 valence electrons. The van der Waals surface area contributed by atoms with Crippen LogP contribution in [0.2, 0.25) is 0 Å². The summed E-state index contributed by atoms with van der Waals surface area (Å²) in [6, 6.07) is 0. The van der Waals surface area contributed by atoms with Crippen LogP contribution >= 0.6 is 90.4 Å². The fourth-order valence-electron chi connectivity index (χ4n) is 0.930. The zero-order valence-corrected chi connectivity index (χ0v) is 15.5. The molecule has 1 N–H and O–H groups in total. The average molecular weight is 640 g/mol. The summed E-state index contributed by atoms with van der Waals surface area (Å²) in [4.78, 5) is 11.4. The van der Waals surface area contributed by atoms with Crippen molar-refractivity contribution in [2.45, 2.75) is 6.92 Å². The van der Waals surface area contributed by atoms with E-state index in [2.05, 4.69) is 67.8 Å². The number of carbonyl (C=O) groups excluding carboxylic acids is 1. The highest BCUT2D eigenvalue weighted by Crippen LogP contribution is 2.36. The zero-order valence-electron chi connectivity index (χ0n) is 6.87. The van der Waals surface area contributed by atoms with Gasteiger partial charge in [-0.05, 0) is 97.3 Å². The Morgan fingerprint density at radius 1 is 1.00 bits per heavy atom. The van der Waals surface area contributed by atoms with Gasteiger partial charge in [0, 0.05) is 12.7 Å². The summed E-state index contributed by atoms with van der Waals surface area (Å²) in [5.74, 6) is 0.199. The van der Waals surface area contributed by atoms with E-state index < -0.39 is 0 Å². The SMILES string of the molecule is CC(=O)c1c(I)c(O)c(I)c(I)c1I. The van der Waals surface area contributed by atoms with Gasteiger partial charge in [0.2, 0.25) is 0 Å². The minimum Gasteiger partial charge on any atom is -0.506 e. The van der Waals surface area contributed by atoms with Crippen LogP contribution in [0.3, 0.4) is 0 Å².